The first-order chi connectivity index (χ1) is 5.79. The Morgan fingerprint density at radius 3 is 3.00 bits per heavy atom. The Bertz CT molecular complexity index is 296. The highest BCUT2D eigenvalue weighted by Crippen LogP contribution is 2.29. The van der Waals surface area contributed by atoms with Crippen molar-refractivity contribution in [3.8, 4) is 0 Å². The third kappa shape index (κ3) is 1.12. The van der Waals surface area contributed by atoms with E-state index in [0.29, 0.717) is 0 Å². The smallest absolute Gasteiger partial charge is 0.126 e. The van der Waals surface area contributed by atoms with E-state index in [-0.39, 0.29) is 11.9 Å². The molecule has 1 aromatic rings. The SMILES string of the molecule is N[C@H]1CCCc2c(F)cccc21. The van der Waals surface area contributed by atoms with Crippen molar-refractivity contribution in [3.63, 3.8) is 0 Å². The average molecular weight is 165 g/mol. The molecule has 0 aromatic heterocycles. The summed E-state index contributed by atoms with van der Waals surface area (Å²) in [6.07, 6.45) is 2.83. The highest BCUT2D eigenvalue weighted by molar-refractivity contribution is 5.33. The third-order valence-electron chi connectivity index (χ3n) is 2.50. The van der Waals surface area contributed by atoms with Crippen molar-refractivity contribution in [3.05, 3.63) is 35.1 Å². The first-order valence-electron chi connectivity index (χ1n) is 4.32. The van der Waals surface area contributed by atoms with Crippen LogP contribution in [0.2, 0.25) is 0 Å². The summed E-state index contributed by atoms with van der Waals surface area (Å²) in [5, 5.41) is 0. The molecule has 0 bridgehead atoms. The lowest BCUT2D eigenvalue weighted by molar-refractivity contribution is 0.531. The van der Waals surface area contributed by atoms with Gasteiger partial charge in [-0.2, -0.15) is 0 Å². The Balaban J connectivity index is 2.52. The molecule has 1 aliphatic carbocycles. The van der Waals surface area contributed by atoms with Crippen LogP contribution in [0, 0.1) is 5.82 Å². The fourth-order valence-electron chi connectivity index (χ4n) is 1.84. The maximum absolute atomic E-state index is 13.2. The van der Waals surface area contributed by atoms with Crippen molar-refractivity contribution in [2.75, 3.05) is 0 Å². The van der Waals surface area contributed by atoms with E-state index in [1.807, 2.05) is 6.07 Å². The highest BCUT2D eigenvalue weighted by atomic mass is 19.1. The summed E-state index contributed by atoms with van der Waals surface area (Å²) in [5.74, 6) is -0.0948. The van der Waals surface area contributed by atoms with E-state index in [4.69, 9.17) is 5.73 Å². The van der Waals surface area contributed by atoms with E-state index in [1.54, 1.807) is 6.07 Å². The normalized spacial score (nSPS) is 22.0. The minimum Gasteiger partial charge on any atom is -0.324 e. The van der Waals surface area contributed by atoms with Crippen LogP contribution in [0.3, 0.4) is 0 Å². The number of rotatable bonds is 0. The van der Waals surface area contributed by atoms with Crippen molar-refractivity contribution in [2.45, 2.75) is 25.3 Å². The molecular weight excluding hydrogens is 153 g/mol. The Kier molecular flexibility index (Phi) is 1.85. The van der Waals surface area contributed by atoms with Crippen LogP contribution in [0.4, 0.5) is 4.39 Å². The molecule has 0 amide bonds. The molecule has 0 unspecified atom stereocenters. The molecule has 0 aliphatic heterocycles. The second-order valence-electron chi connectivity index (χ2n) is 3.31. The molecule has 2 rings (SSSR count). The summed E-state index contributed by atoms with van der Waals surface area (Å²) in [4.78, 5) is 0. The van der Waals surface area contributed by atoms with Gasteiger partial charge in [-0.3, -0.25) is 0 Å². The Morgan fingerprint density at radius 1 is 1.42 bits per heavy atom. The van der Waals surface area contributed by atoms with Gasteiger partial charge in [0, 0.05) is 6.04 Å². The molecule has 1 aliphatic rings. The molecule has 1 nitrogen and oxygen atoms in total. The molecule has 0 radical (unpaired) electrons. The Morgan fingerprint density at radius 2 is 2.25 bits per heavy atom. The highest BCUT2D eigenvalue weighted by Gasteiger charge is 2.18. The van der Waals surface area contributed by atoms with E-state index in [0.717, 1.165) is 30.4 Å². The average Bonchev–Trinajstić information content (AvgIpc) is 2.07. The zero-order valence-electron chi connectivity index (χ0n) is 6.89. The number of hydrogen-bond donors (Lipinski definition) is 1. The van der Waals surface area contributed by atoms with Gasteiger partial charge in [0.15, 0.2) is 0 Å². The molecule has 2 N–H and O–H groups in total. The van der Waals surface area contributed by atoms with Crippen LogP contribution in [0.15, 0.2) is 18.2 Å². The van der Waals surface area contributed by atoms with E-state index in [9.17, 15) is 4.39 Å². The number of benzene rings is 1. The molecule has 12 heavy (non-hydrogen) atoms. The van der Waals surface area contributed by atoms with Crippen LogP contribution >= 0.6 is 0 Å². The van der Waals surface area contributed by atoms with Crippen molar-refractivity contribution < 1.29 is 4.39 Å². The zero-order valence-corrected chi connectivity index (χ0v) is 6.89. The molecule has 1 aromatic carbocycles. The van der Waals surface area contributed by atoms with Crippen LogP contribution in [0.1, 0.15) is 30.0 Å². The van der Waals surface area contributed by atoms with Gasteiger partial charge in [-0.05, 0) is 36.5 Å². The second-order valence-corrected chi connectivity index (χ2v) is 3.31. The lowest BCUT2D eigenvalue weighted by atomic mass is 9.88. The van der Waals surface area contributed by atoms with Crippen LogP contribution in [0.25, 0.3) is 0 Å². The molecule has 0 fully saturated rings. The summed E-state index contributed by atoms with van der Waals surface area (Å²) in [7, 11) is 0. The fourth-order valence-corrected chi connectivity index (χ4v) is 1.84. The van der Waals surface area contributed by atoms with E-state index in [2.05, 4.69) is 0 Å². The minimum atomic E-state index is -0.0948. The quantitative estimate of drug-likeness (QED) is 0.626. The second kappa shape index (κ2) is 2.87. The summed E-state index contributed by atoms with van der Waals surface area (Å²) in [5.41, 5.74) is 7.68. The number of hydrogen-bond acceptors (Lipinski definition) is 1. The standard InChI is InChI=1S/C10H12FN/c11-9-5-1-4-8-7(9)3-2-6-10(8)12/h1,4-5,10H,2-3,6,12H2/t10-/m0/s1. The van der Waals surface area contributed by atoms with Crippen molar-refractivity contribution in [1.29, 1.82) is 0 Å². The molecular formula is C10H12FN. The maximum atomic E-state index is 13.2. The molecule has 0 saturated heterocycles. The van der Waals surface area contributed by atoms with E-state index >= 15 is 0 Å². The van der Waals surface area contributed by atoms with Crippen LogP contribution in [0.5, 0.6) is 0 Å². The molecule has 0 heterocycles. The largest absolute Gasteiger partial charge is 0.324 e. The number of fused-ring (bicyclic) bond motifs is 1. The predicted molar refractivity (Wildman–Crippen MR) is 46.3 cm³/mol. The topological polar surface area (TPSA) is 26.0 Å². The van der Waals surface area contributed by atoms with E-state index in [1.165, 1.54) is 6.07 Å². The lowest BCUT2D eigenvalue weighted by Gasteiger charge is -2.22. The van der Waals surface area contributed by atoms with Crippen molar-refractivity contribution in [1.82, 2.24) is 0 Å². The Labute approximate surface area is 71.4 Å². The summed E-state index contributed by atoms with van der Waals surface area (Å²) < 4.78 is 13.2. The van der Waals surface area contributed by atoms with Crippen LogP contribution in [-0.2, 0) is 6.42 Å². The summed E-state index contributed by atoms with van der Waals surface area (Å²) in [6.45, 7) is 0. The monoisotopic (exact) mass is 165 g/mol. The number of halogens is 1. The van der Waals surface area contributed by atoms with Crippen LogP contribution in [-0.4, -0.2) is 0 Å². The predicted octanol–water partition coefficient (Wildman–Crippen LogP) is 2.16. The van der Waals surface area contributed by atoms with Crippen molar-refractivity contribution in [2.24, 2.45) is 5.73 Å². The van der Waals surface area contributed by atoms with Gasteiger partial charge in [0.1, 0.15) is 5.82 Å². The molecule has 64 valence electrons. The molecule has 2 heteroatoms. The zero-order chi connectivity index (χ0) is 8.55. The third-order valence-corrected chi connectivity index (χ3v) is 2.50. The molecule has 1 atom stereocenters. The Hall–Kier alpha value is -0.890. The van der Waals surface area contributed by atoms with Gasteiger partial charge >= 0.3 is 0 Å². The first kappa shape index (κ1) is 7.74. The maximum Gasteiger partial charge on any atom is 0.126 e. The van der Waals surface area contributed by atoms with Gasteiger partial charge in [-0.1, -0.05) is 12.1 Å². The van der Waals surface area contributed by atoms with E-state index < -0.39 is 0 Å². The van der Waals surface area contributed by atoms with Crippen molar-refractivity contribution >= 4 is 0 Å². The first-order valence-corrected chi connectivity index (χ1v) is 4.32. The minimum absolute atomic E-state index is 0.0458. The van der Waals surface area contributed by atoms with Gasteiger partial charge in [0.25, 0.3) is 0 Å². The van der Waals surface area contributed by atoms with Gasteiger partial charge in [0.05, 0.1) is 0 Å². The fraction of sp³-hybridized carbons (Fsp3) is 0.400. The molecule has 0 spiro atoms. The van der Waals surface area contributed by atoms with Crippen LogP contribution < -0.4 is 5.73 Å². The van der Waals surface area contributed by atoms with Gasteiger partial charge in [-0.25, -0.2) is 4.39 Å². The van der Waals surface area contributed by atoms with Gasteiger partial charge in [-0.15, -0.1) is 0 Å². The van der Waals surface area contributed by atoms with Gasteiger partial charge < -0.3 is 5.73 Å². The molecule has 0 saturated carbocycles. The lowest BCUT2D eigenvalue weighted by Crippen LogP contribution is -2.18. The summed E-state index contributed by atoms with van der Waals surface area (Å²) in [6, 6.07) is 5.22. The summed E-state index contributed by atoms with van der Waals surface area (Å²) >= 11 is 0. The van der Waals surface area contributed by atoms with Gasteiger partial charge in [0.2, 0.25) is 0 Å². The number of nitrogens with two attached hydrogens (primary N) is 1.